The van der Waals surface area contributed by atoms with Crippen LogP contribution >= 0.6 is 0 Å². The Morgan fingerprint density at radius 1 is 1.00 bits per heavy atom. The molecular weight excluding hydrogens is 586 g/mol. The molecule has 1 heterocycles. The molecule has 3 aromatic carbocycles. The number of carbonyl (C=O) groups is 1. The van der Waals surface area contributed by atoms with Crippen molar-refractivity contribution in [2.75, 3.05) is 25.7 Å². The zero-order valence-electron chi connectivity index (χ0n) is 27.2. The van der Waals surface area contributed by atoms with Gasteiger partial charge in [-0.2, -0.15) is 0 Å². The minimum absolute atomic E-state index is 0.00357. The second-order valence-electron chi connectivity index (χ2n) is 15.8. The van der Waals surface area contributed by atoms with Crippen LogP contribution in [0.3, 0.4) is 0 Å². The van der Waals surface area contributed by atoms with Crippen molar-refractivity contribution in [3.8, 4) is 17.2 Å². The van der Waals surface area contributed by atoms with Crippen LogP contribution in [-0.4, -0.2) is 47.6 Å². The van der Waals surface area contributed by atoms with Gasteiger partial charge in [-0.05, 0) is 109 Å². The van der Waals surface area contributed by atoms with E-state index in [1.807, 2.05) is 12.1 Å². The van der Waals surface area contributed by atoms with E-state index in [1.165, 1.54) is 31.7 Å². The van der Waals surface area contributed by atoms with Gasteiger partial charge in [0.1, 0.15) is 23.6 Å². The lowest BCUT2D eigenvalue weighted by Crippen LogP contribution is -2.55. The van der Waals surface area contributed by atoms with E-state index >= 15 is 0 Å². The Morgan fingerprint density at radius 2 is 1.83 bits per heavy atom. The highest BCUT2D eigenvalue weighted by Crippen LogP contribution is 2.73. The van der Waals surface area contributed by atoms with Crippen LogP contribution in [0.4, 0.5) is 5.69 Å². The number of nitrogens with zero attached hydrogens (tertiary/aromatic N) is 1. The first-order chi connectivity index (χ1) is 21.9. The van der Waals surface area contributed by atoms with E-state index in [9.17, 15) is 20.3 Å². The largest absolute Gasteiger partial charge is 0.496 e. The van der Waals surface area contributed by atoms with Gasteiger partial charge >= 0.3 is 5.97 Å². The number of methoxy groups -OCH3 is 1. The summed E-state index contributed by atoms with van der Waals surface area (Å²) in [5, 5.41) is 35.1. The third-order valence-corrected chi connectivity index (χ3v) is 13.3. The van der Waals surface area contributed by atoms with Gasteiger partial charge in [0.15, 0.2) is 11.5 Å². The van der Waals surface area contributed by atoms with Gasteiger partial charge in [-0.15, -0.1) is 5.23 Å². The second-order valence-corrected chi connectivity index (χ2v) is 15.8. The first kappa shape index (κ1) is 30.1. The van der Waals surface area contributed by atoms with Crippen molar-refractivity contribution in [2.45, 2.75) is 84.2 Å². The Bertz CT molecular complexity index is 1750. The van der Waals surface area contributed by atoms with Crippen LogP contribution in [-0.2, 0) is 4.74 Å². The molecular formula is C37H45NO8. The average Bonchev–Trinajstić information content (AvgIpc) is 3.57. The second kappa shape index (κ2) is 10.1. The van der Waals surface area contributed by atoms with Gasteiger partial charge in [0.2, 0.25) is 6.79 Å². The lowest BCUT2D eigenvalue weighted by atomic mass is 9.41. The minimum atomic E-state index is -1.10. The fraction of sp³-hybridized carbons (Fsp3) is 0.595. The van der Waals surface area contributed by atoms with Crippen molar-refractivity contribution in [2.24, 2.45) is 34.0 Å². The predicted octanol–water partition coefficient (Wildman–Crippen LogP) is 7.64. The molecule has 3 N–H and O–H groups in total. The molecule has 1 spiro atoms. The average molecular weight is 632 g/mol. The summed E-state index contributed by atoms with van der Waals surface area (Å²) in [7, 11) is 1.54. The summed E-state index contributed by atoms with van der Waals surface area (Å²) in [6.45, 7) is 7.31. The van der Waals surface area contributed by atoms with Gasteiger partial charge < -0.3 is 24.1 Å². The number of aliphatic hydroxyl groups is 1. The molecule has 4 fully saturated rings. The maximum absolute atomic E-state index is 14.0. The van der Waals surface area contributed by atoms with Crippen molar-refractivity contribution < 1.29 is 39.3 Å². The van der Waals surface area contributed by atoms with E-state index in [0.29, 0.717) is 57.1 Å². The maximum atomic E-state index is 14.0. The molecule has 0 unspecified atom stereocenters. The third-order valence-electron chi connectivity index (χ3n) is 13.3. The Kier molecular flexibility index (Phi) is 6.62. The van der Waals surface area contributed by atoms with Crippen LogP contribution in [0, 0.1) is 34.0 Å². The van der Waals surface area contributed by atoms with Crippen molar-refractivity contribution in [3.05, 3.63) is 35.9 Å². The fourth-order valence-corrected chi connectivity index (χ4v) is 11.6. The summed E-state index contributed by atoms with van der Waals surface area (Å²) in [4.78, 5) is 14.0. The molecule has 4 aliphatic carbocycles. The zero-order valence-corrected chi connectivity index (χ0v) is 27.2. The molecule has 46 heavy (non-hydrogen) atoms. The van der Waals surface area contributed by atoms with E-state index in [0.717, 1.165) is 25.7 Å². The number of benzene rings is 3. The topological polar surface area (TPSA) is 118 Å². The van der Waals surface area contributed by atoms with E-state index in [2.05, 4.69) is 20.8 Å². The maximum Gasteiger partial charge on any atom is 0.339 e. The molecule has 246 valence electrons. The van der Waals surface area contributed by atoms with E-state index in [-0.39, 0.29) is 52.0 Å². The van der Waals surface area contributed by atoms with Crippen molar-refractivity contribution in [1.29, 1.82) is 0 Å². The van der Waals surface area contributed by atoms with Crippen LogP contribution in [0.2, 0.25) is 0 Å². The number of carbonyl (C=O) groups excluding carboxylic acids is 1. The quantitative estimate of drug-likeness (QED) is 0.148. The van der Waals surface area contributed by atoms with Crippen LogP contribution in [0.25, 0.3) is 21.5 Å². The summed E-state index contributed by atoms with van der Waals surface area (Å²) in [5.41, 5.74) is -0.335. The van der Waals surface area contributed by atoms with Gasteiger partial charge in [-0.1, -0.05) is 39.3 Å². The van der Waals surface area contributed by atoms with E-state index < -0.39 is 11.6 Å². The molecule has 0 amide bonds. The number of anilines is 1. The highest BCUT2D eigenvalue weighted by atomic mass is 16.8. The Balaban J connectivity index is 1.14. The Hall–Kier alpha value is -3.27. The summed E-state index contributed by atoms with van der Waals surface area (Å²) in [6.07, 6.45) is 9.86. The number of rotatable bonds is 5. The molecule has 8 rings (SSSR count). The van der Waals surface area contributed by atoms with E-state index in [4.69, 9.17) is 18.9 Å². The minimum Gasteiger partial charge on any atom is -0.496 e. The zero-order chi connectivity index (χ0) is 32.2. The predicted molar refractivity (Wildman–Crippen MR) is 172 cm³/mol. The molecule has 4 saturated carbocycles. The summed E-state index contributed by atoms with van der Waals surface area (Å²) >= 11 is 0. The molecule has 6 atom stereocenters. The van der Waals surface area contributed by atoms with Gasteiger partial charge in [0.05, 0.1) is 12.7 Å². The fourth-order valence-electron chi connectivity index (χ4n) is 11.6. The number of hydrogen-bond acceptors (Lipinski definition) is 9. The first-order valence-electron chi connectivity index (χ1n) is 16.8. The standard InChI is InChI=1S/C37H45NO8/c1-34(2)12-6-13-35(3)28(34)11-14-36-17-21(9-10-29(35)36)37(40,18-36)19-44-33(39)24-16-27-32(46-20-45-27)31-22-7-5-8-26(43-4)23(22)15-25(30(24)31)38(41)42/h5,7-8,15-16,21,28-29,40-42H,6,9-14,17-20H2,1-4H3/t21-,28-,29+,35-,36+,37+/m1/s1. The summed E-state index contributed by atoms with van der Waals surface area (Å²) in [6, 6.07) is 8.56. The monoisotopic (exact) mass is 631 g/mol. The number of esters is 1. The Labute approximate surface area is 269 Å². The first-order valence-corrected chi connectivity index (χ1v) is 16.8. The third kappa shape index (κ3) is 4.13. The van der Waals surface area contributed by atoms with Crippen molar-refractivity contribution >= 4 is 33.2 Å². The van der Waals surface area contributed by atoms with Crippen LogP contribution < -0.4 is 19.4 Å². The van der Waals surface area contributed by atoms with Gasteiger partial charge in [0, 0.05) is 16.2 Å². The molecule has 0 radical (unpaired) electrons. The number of hydrogen-bond donors (Lipinski definition) is 3. The molecule has 0 aromatic heterocycles. The summed E-state index contributed by atoms with van der Waals surface area (Å²) < 4.78 is 23.2. The van der Waals surface area contributed by atoms with Gasteiger partial charge in [-0.25, -0.2) is 4.79 Å². The molecule has 0 saturated heterocycles. The van der Waals surface area contributed by atoms with Crippen LogP contribution in [0.15, 0.2) is 30.3 Å². The van der Waals surface area contributed by atoms with Crippen molar-refractivity contribution in [3.63, 3.8) is 0 Å². The highest BCUT2D eigenvalue weighted by molar-refractivity contribution is 6.23. The molecule has 1 aliphatic heterocycles. The Morgan fingerprint density at radius 3 is 2.61 bits per heavy atom. The molecule has 9 nitrogen and oxygen atoms in total. The normalized spacial score (nSPS) is 33.8. The molecule has 5 aliphatic rings. The van der Waals surface area contributed by atoms with Crippen LogP contribution in [0.1, 0.15) is 88.9 Å². The van der Waals surface area contributed by atoms with Crippen molar-refractivity contribution in [1.82, 2.24) is 0 Å². The number of fused-ring (bicyclic) bond motifs is 8. The highest BCUT2D eigenvalue weighted by Gasteiger charge is 2.67. The lowest BCUT2D eigenvalue weighted by Gasteiger charge is -2.64. The summed E-state index contributed by atoms with van der Waals surface area (Å²) in [5.74, 6) is 1.98. The van der Waals surface area contributed by atoms with E-state index in [1.54, 1.807) is 19.2 Å². The molecule has 9 heteroatoms. The van der Waals surface area contributed by atoms with Gasteiger partial charge in [-0.3, -0.25) is 10.4 Å². The lowest BCUT2D eigenvalue weighted by molar-refractivity contribution is -0.145. The smallest absolute Gasteiger partial charge is 0.339 e. The SMILES string of the molecule is COc1cccc2c1cc(N(O)O)c1c(C(=O)OC[C@@]3(O)C[C@@]45CC[C@@H]6C(C)(C)CCC[C@@]6(C)[C@@H]4CC[C@@H]3C5)cc3c(c12)OCO3. The molecule has 2 bridgehead atoms. The van der Waals surface area contributed by atoms with Crippen LogP contribution in [0.5, 0.6) is 17.2 Å². The van der Waals surface area contributed by atoms with Gasteiger partial charge in [0.25, 0.3) is 0 Å². The number of ether oxygens (including phenoxy) is 4. The molecule has 3 aromatic rings.